The molecule has 1 aliphatic heterocycles. The van der Waals surface area contributed by atoms with Crippen LogP contribution in [0, 0.1) is 23.6 Å². The Labute approximate surface area is 210 Å². The van der Waals surface area contributed by atoms with Gasteiger partial charge in [0, 0.05) is 25.7 Å². The second-order valence-corrected chi connectivity index (χ2v) is 10.7. The lowest BCUT2D eigenvalue weighted by Crippen LogP contribution is -2.35. The lowest BCUT2D eigenvalue weighted by Gasteiger charge is -2.32. The summed E-state index contributed by atoms with van der Waals surface area (Å²) < 4.78 is 20.3. The number of piperidine rings is 1. The predicted octanol–water partition coefficient (Wildman–Crippen LogP) is 3.77. The van der Waals surface area contributed by atoms with Crippen LogP contribution in [0.2, 0.25) is 5.02 Å². The van der Waals surface area contributed by atoms with Crippen LogP contribution in [-0.4, -0.2) is 52.8 Å². The van der Waals surface area contributed by atoms with E-state index in [0.29, 0.717) is 41.7 Å². The van der Waals surface area contributed by atoms with Gasteiger partial charge < -0.3 is 20.1 Å². The lowest BCUT2D eigenvalue weighted by molar-refractivity contribution is -0.121. The highest BCUT2D eigenvalue weighted by atomic mass is 35.5. The van der Waals surface area contributed by atoms with Crippen molar-refractivity contribution in [3.63, 3.8) is 0 Å². The van der Waals surface area contributed by atoms with Crippen LogP contribution in [0.5, 0.6) is 5.75 Å². The van der Waals surface area contributed by atoms with E-state index in [1.807, 2.05) is 0 Å². The summed E-state index contributed by atoms with van der Waals surface area (Å²) in [5.74, 6) is 2.67. The number of ether oxygens (including phenoxy) is 1. The maximum Gasteiger partial charge on any atom is 0.225 e. The molecule has 0 spiro atoms. The number of carbonyl (C=O) groups excluding carboxylic acids is 1. The summed E-state index contributed by atoms with van der Waals surface area (Å²) in [5.41, 5.74) is -0.425. The molecule has 9 heteroatoms. The number of amides is 1. The minimum atomic E-state index is -0.754. The number of rotatable bonds is 10. The standard InChI is InChI=1S/C26H32ClFN4O3/c27-20-14-29-25(30-15-20)32-8-3-17(4-9-32)22-11-18(22)5-10-35-21-2-1-19(23(28)13-21)12-24(33)31-16-26(34)6-7-26/h1-2,13-15,17-18,22,34H,3-12,16H2,(H,31,33)/t18-,22?/m1/s1. The van der Waals surface area contributed by atoms with E-state index in [1.54, 1.807) is 24.5 Å². The first-order chi connectivity index (χ1) is 16.9. The molecule has 0 bridgehead atoms. The molecule has 5 rings (SSSR count). The number of benzene rings is 1. The van der Waals surface area contributed by atoms with Crippen LogP contribution >= 0.6 is 11.6 Å². The first-order valence-electron chi connectivity index (χ1n) is 12.5. The van der Waals surface area contributed by atoms with Gasteiger partial charge in [-0.15, -0.1) is 0 Å². The van der Waals surface area contributed by atoms with Crippen LogP contribution < -0.4 is 15.0 Å². The molecule has 2 saturated carbocycles. The van der Waals surface area contributed by atoms with E-state index in [1.165, 1.54) is 12.5 Å². The van der Waals surface area contributed by atoms with Gasteiger partial charge in [-0.05, 0) is 67.9 Å². The van der Waals surface area contributed by atoms with Gasteiger partial charge >= 0.3 is 0 Å². The number of aromatic nitrogens is 2. The van der Waals surface area contributed by atoms with E-state index >= 15 is 0 Å². The van der Waals surface area contributed by atoms with Crippen molar-refractivity contribution in [2.45, 2.75) is 50.5 Å². The SMILES string of the molecule is O=C(Cc1ccc(OCC[C@@H]2CC2C2CCN(c3ncc(Cl)cn3)CC2)cc1F)NCC1(O)CC1. The van der Waals surface area contributed by atoms with Crippen molar-refractivity contribution >= 4 is 23.5 Å². The molecule has 1 saturated heterocycles. The summed E-state index contributed by atoms with van der Waals surface area (Å²) in [6.45, 7) is 2.73. The first kappa shape index (κ1) is 24.3. The normalized spacial score (nSPS) is 23.1. The largest absolute Gasteiger partial charge is 0.493 e. The minimum absolute atomic E-state index is 0.0467. The van der Waals surface area contributed by atoms with Gasteiger partial charge in [0.15, 0.2) is 0 Å². The van der Waals surface area contributed by atoms with Gasteiger partial charge in [0.05, 0.1) is 36.0 Å². The van der Waals surface area contributed by atoms with Crippen molar-refractivity contribution in [2.75, 3.05) is 31.1 Å². The molecule has 1 amide bonds. The number of hydrogen-bond acceptors (Lipinski definition) is 6. The molecule has 2 aromatic rings. The number of halogens is 2. The van der Waals surface area contributed by atoms with Gasteiger partial charge in [-0.3, -0.25) is 4.79 Å². The zero-order chi connectivity index (χ0) is 24.4. The number of hydrogen-bond donors (Lipinski definition) is 2. The molecule has 2 N–H and O–H groups in total. The van der Waals surface area contributed by atoms with Crippen LogP contribution in [-0.2, 0) is 11.2 Å². The Morgan fingerprint density at radius 3 is 2.69 bits per heavy atom. The third kappa shape index (κ3) is 6.41. The average Bonchev–Trinajstić information content (AvgIpc) is 3.78. The Balaban J connectivity index is 1.00. The third-order valence-corrected chi connectivity index (χ3v) is 7.78. The van der Waals surface area contributed by atoms with Gasteiger partial charge in [0.25, 0.3) is 0 Å². The first-order valence-corrected chi connectivity index (χ1v) is 12.9. The maximum atomic E-state index is 14.4. The Morgan fingerprint density at radius 2 is 2.00 bits per heavy atom. The van der Waals surface area contributed by atoms with Crippen molar-refractivity contribution in [2.24, 2.45) is 17.8 Å². The topological polar surface area (TPSA) is 87.6 Å². The molecule has 3 fully saturated rings. The Hall–Kier alpha value is -2.45. The molecule has 2 atom stereocenters. The molecule has 35 heavy (non-hydrogen) atoms. The number of aliphatic hydroxyl groups is 1. The second-order valence-electron chi connectivity index (χ2n) is 10.3. The van der Waals surface area contributed by atoms with Crippen LogP contribution in [0.1, 0.15) is 44.1 Å². The average molecular weight is 503 g/mol. The summed E-state index contributed by atoms with van der Waals surface area (Å²) in [4.78, 5) is 22.9. The lowest BCUT2D eigenvalue weighted by atomic mass is 9.90. The van der Waals surface area contributed by atoms with Gasteiger partial charge in [0.2, 0.25) is 11.9 Å². The maximum absolute atomic E-state index is 14.4. The Bertz CT molecular complexity index is 1040. The molecular formula is C26H32ClFN4O3. The van der Waals surface area contributed by atoms with E-state index in [2.05, 4.69) is 20.2 Å². The fourth-order valence-electron chi connectivity index (χ4n) is 5.09. The summed E-state index contributed by atoms with van der Waals surface area (Å²) in [7, 11) is 0. The highest BCUT2D eigenvalue weighted by molar-refractivity contribution is 6.30. The second kappa shape index (κ2) is 10.3. The van der Waals surface area contributed by atoms with E-state index in [-0.39, 0.29) is 18.9 Å². The molecule has 3 aliphatic rings. The molecular weight excluding hydrogens is 471 g/mol. The molecule has 1 unspecified atom stereocenters. The van der Waals surface area contributed by atoms with Crippen molar-refractivity contribution in [3.8, 4) is 5.75 Å². The molecule has 2 aliphatic carbocycles. The van der Waals surface area contributed by atoms with E-state index in [9.17, 15) is 14.3 Å². The summed E-state index contributed by atoms with van der Waals surface area (Å²) >= 11 is 5.88. The van der Waals surface area contributed by atoms with Gasteiger partial charge in [-0.25, -0.2) is 14.4 Å². The van der Waals surface area contributed by atoms with E-state index in [4.69, 9.17) is 16.3 Å². The highest BCUT2D eigenvalue weighted by Crippen LogP contribution is 2.49. The fourth-order valence-corrected chi connectivity index (χ4v) is 5.18. The number of carbonyl (C=O) groups is 1. The zero-order valence-electron chi connectivity index (χ0n) is 19.8. The minimum Gasteiger partial charge on any atom is -0.493 e. The van der Waals surface area contributed by atoms with Crippen molar-refractivity contribution in [1.29, 1.82) is 0 Å². The molecule has 7 nitrogen and oxygen atoms in total. The van der Waals surface area contributed by atoms with Crippen LogP contribution in [0.15, 0.2) is 30.6 Å². The predicted molar refractivity (Wildman–Crippen MR) is 131 cm³/mol. The van der Waals surface area contributed by atoms with Crippen molar-refractivity contribution in [3.05, 3.63) is 47.0 Å². The molecule has 0 radical (unpaired) electrons. The van der Waals surface area contributed by atoms with Crippen molar-refractivity contribution in [1.82, 2.24) is 15.3 Å². The smallest absolute Gasteiger partial charge is 0.225 e. The van der Waals surface area contributed by atoms with Gasteiger partial charge in [-0.2, -0.15) is 0 Å². The third-order valence-electron chi connectivity index (χ3n) is 7.59. The summed E-state index contributed by atoms with van der Waals surface area (Å²) in [6, 6.07) is 4.68. The number of nitrogens with one attached hydrogen (secondary N) is 1. The Morgan fingerprint density at radius 1 is 1.26 bits per heavy atom. The van der Waals surface area contributed by atoms with Gasteiger partial charge in [-0.1, -0.05) is 17.7 Å². The molecule has 1 aromatic carbocycles. The molecule has 2 heterocycles. The van der Waals surface area contributed by atoms with E-state index in [0.717, 1.165) is 50.1 Å². The monoisotopic (exact) mass is 502 g/mol. The quantitative estimate of drug-likeness (QED) is 0.514. The van der Waals surface area contributed by atoms with Gasteiger partial charge in [0.1, 0.15) is 11.6 Å². The number of anilines is 1. The highest BCUT2D eigenvalue weighted by Gasteiger charge is 2.43. The van der Waals surface area contributed by atoms with Crippen molar-refractivity contribution < 1.29 is 19.0 Å². The van der Waals surface area contributed by atoms with Crippen LogP contribution in [0.25, 0.3) is 0 Å². The summed E-state index contributed by atoms with van der Waals surface area (Å²) in [5, 5.41) is 13.0. The molecule has 188 valence electrons. The zero-order valence-corrected chi connectivity index (χ0v) is 20.5. The van der Waals surface area contributed by atoms with E-state index < -0.39 is 11.4 Å². The van der Waals surface area contributed by atoms with Crippen LogP contribution in [0.3, 0.4) is 0 Å². The molecule has 1 aromatic heterocycles. The fraction of sp³-hybridized carbons (Fsp3) is 0.577. The van der Waals surface area contributed by atoms with Crippen LogP contribution in [0.4, 0.5) is 10.3 Å². The number of nitrogens with zero attached hydrogens (tertiary/aromatic N) is 3. The Kier molecular flexibility index (Phi) is 7.12. The summed E-state index contributed by atoms with van der Waals surface area (Å²) in [6.07, 6.45) is 9.15.